The Morgan fingerprint density at radius 2 is 2.06 bits per heavy atom. The van der Waals surface area contributed by atoms with Crippen LogP contribution in [0.4, 0.5) is 0 Å². The van der Waals surface area contributed by atoms with Gasteiger partial charge in [-0.2, -0.15) is 0 Å². The van der Waals surface area contributed by atoms with Crippen LogP contribution in [0.2, 0.25) is 0 Å². The predicted molar refractivity (Wildman–Crippen MR) is 63.4 cm³/mol. The van der Waals surface area contributed by atoms with Crippen molar-refractivity contribution in [3.05, 3.63) is 30.0 Å². The summed E-state index contributed by atoms with van der Waals surface area (Å²) in [6.07, 6.45) is 0. The average molecular weight is 234 g/mol. The minimum absolute atomic E-state index is 0.438. The molecule has 90 valence electrons. The van der Waals surface area contributed by atoms with Gasteiger partial charge in [-0.25, -0.2) is 0 Å². The van der Waals surface area contributed by atoms with Gasteiger partial charge in [-0.05, 0) is 32.0 Å². The molecule has 1 aromatic carbocycles. The number of rotatable bonds is 3. The summed E-state index contributed by atoms with van der Waals surface area (Å²) in [7, 11) is 1.58. The number of aliphatic carboxylic acids is 1. The summed E-state index contributed by atoms with van der Waals surface area (Å²) in [6, 6.07) is 7.16. The molecule has 0 saturated heterocycles. The first-order chi connectivity index (χ1) is 7.95. The fourth-order valence-electron chi connectivity index (χ4n) is 1.55. The number of benzene rings is 1. The third-order valence-corrected chi connectivity index (χ3v) is 2.88. The molecule has 2 rings (SSSR count). The van der Waals surface area contributed by atoms with Crippen LogP contribution in [-0.2, 0) is 10.2 Å². The highest BCUT2D eigenvalue weighted by atomic mass is 16.5. The van der Waals surface area contributed by atoms with Crippen LogP contribution < -0.4 is 4.74 Å². The van der Waals surface area contributed by atoms with Crippen molar-refractivity contribution in [2.75, 3.05) is 7.11 Å². The maximum absolute atomic E-state index is 11.1. The van der Waals surface area contributed by atoms with Gasteiger partial charge in [-0.3, -0.25) is 4.79 Å². The van der Waals surface area contributed by atoms with Gasteiger partial charge in [-0.1, -0.05) is 0 Å². The molecular weight excluding hydrogens is 220 g/mol. The van der Waals surface area contributed by atoms with Crippen molar-refractivity contribution in [3.8, 4) is 5.75 Å². The molecule has 0 saturated carbocycles. The van der Waals surface area contributed by atoms with E-state index in [0.29, 0.717) is 17.1 Å². The maximum atomic E-state index is 11.1. The van der Waals surface area contributed by atoms with Crippen LogP contribution in [0.5, 0.6) is 5.75 Å². The molecule has 0 amide bonds. The van der Waals surface area contributed by atoms with Crippen molar-refractivity contribution in [2.45, 2.75) is 19.3 Å². The van der Waals surface area contributed by atoms with Crippen LogP contribution in [0.1, 0.15) is 19.6 Å². The van der Waals surface area contributed by atoms with Crippen LogP contribution in [0.25, 0.3) is 11.0 Å². The molecule has 4 heteroatoms. The number of methoxy groups -OCH3 is 1. The summed E-state index contributed by atoms with van der Waals surface area (Å²) in [5, 5.41) is 10.0. The smallest absolute Gasteiger partial charge is 0.316 e. The van der Waals surface area contributed by atoms with Gasteiger partial charge < -0.3 is 14.3 Å². The van der Waals surface area contributed by atoms with Gasteiger partial charge in [0.25, 0.3) is 0 Å². The quantitative estimate of drug-likeness (QED) is 0.887. The number of hydrogen-bond acceptors (Lipinski definition) is 3. The lowest BCUT2D eigenvalue weighted by molar-refractivity contribution is -0.143. The van der Waals surface area contributed by atoms with E-state index < -0.39 is 11.4 Å². The number of carbonyl (C=O) groups is 1. The largest absolute Gasteiger partial charge is 0.497 e. The zero-order valence-electron chi connectivity index (χ0n) is 9.98. The molecule has 0 unspecified atom stereocenters. The minimum Gasteiger partial charge on any atom is -0.497 e. The third kappa shape index (κ3) is 1.86. The summed E-state index contributed by atoms with van der Waals surface area (Å²) < 4.78 is 10.7. The van der Waals surface area contributed by atoms with Gasteiger partial charge in [0.05, 0.1) is 7.11 Å². The Labute approximate surface area is 98.8 Å². The van der Waals surface area contributed by atoms with Crippen molar-refractivity contribution in [1.82, 2.24) is 0 Å². The molecular formula is C13H14O4. The predicted octanol–water partition coefficient (Wildman–Crippen LogP) is 2.80. The highest BCUT2D eigenvalue weighted by Crippen LogP contribution is 2.31. The minimum atomic E-state index is -1.04. The van der Waals surface area contributed by atoms with E-state index in [0.717, 1.165) is 5.39 Å². The topological polar surface area (TPSA) is 59.7 Å². The molecule has 1 aromatic heterocycles. The summed E-state index contributed by atoms with van der Waals surface area (Å²) >= 11 is 0. The molecule has 0 atom stereocenters. The van der Waals surface area contributed by atoms with Crippen molar-refractivity contribution in [2.24, 2.45) is 0 Å². The highest BCUT2D eigenvalue weighted by Gasteiger charge is 2.33. The van der Waals surface area contributed by atoms with Crippen LogP contribution in [0, 0.1) is 0 Å². The number of furan rings is 1. The van der Waals surface area contributed by atoms with Crippen molar-refractivity contribution < 1.29 is 19.1 Å². The second-order valence-electron chi connectivity index (χ2n) is 4.44. The standard InChI is InChI=1S/C13H14O4/c1-13(2,12(14)15)11-6-8-4-5-9(16-3)7-10(8)17-11/h4-7H,1-3H3,(H,14,15). The first-order valence-electron chi connectivity index (χ1n) is 5.26. The lowest BCUT2D eigenvalue weighted by atomic mass is 9.90. The molecule has 2 aromatic rings. The van der Waals surface area contributed by atoms with E-state index in [9.17, 15) is 4.79 Å². The first-order valence-corrected chi connectivity index (χ1v) is 5.26. The first kappa shape index (κ1) is 11.5. The second kappa shape index (κ2) is 3.80. The normalized spacial score (nSPS) is 11.7. The monoisotopic (exact) mass is 234 g/mol. The van der Waals surface area contributed by atoms with Gasteiger partial charge in [0.15, 0.2) is 0 Å². The van der Waals surface area contributed by atoms with Gasteiger partial charge >= 0.3 is 5.97 Å². The molecule has 1 heterocycles. The van der Waals surface area contributed by atoms with Crippen molar-refractivity contribution in [3.63, 3.8) is 0 Å². The third-order valence-electron chi connectivity index (χ3n) is 2.88. The number of carboxylic acid groups (broad SMARTS) is 1. The molecule has 0 aliphatic carbocycles. The summed E-state index contributed by atoms with van der Waals surface area (Å²) in [5.41, 5.74) is -0.402. The van der Waals surface area contributed by atoms with E-state index >= 15 is 0 Å². The summed E-state index contributed by atoms with van der Waals surface area (Å²) in [6.45, 7) is 3.23. The van der Waals surface area contributed by atoms with Crippen LogP contribution in [0.15, 0.2) is 28.7 Å². The lowest BCUT2D eigenvalue weighted by Crippen LogP contribution is -2.27. The number of carboxylic acids is 1. The zero-order valence-corrected chi connectivity index (χ0v) is 9.98. The average Bonchev–Trinajstić information content (AvgIpc) is 2.71. The molecule has 17 heavy (non-hydrogen) atoms. The Morgan fingerprint density at radius 3 is 2.65 bits per heavy atom. The Balaban J connectivity index is 2.55. The van der Waals surface area contributed by atoms with Crippen molar-refractivity contribution in [1.29, 1.82) is 0 Å². The molecule has 0 bridgehead atoms. The Kier molecular flexibility index (Phi) is 2.58. The Hall–Kier alpha value is -1.97. The van der Waals surface area contributed by atoms with Gasteiger partial charge in [0.2, 0.25) is 0 Å². The Morgan fingerprint density at radius 1 is 1.35 bits per heavy atom. The molecule has 1 N–H and O–H groups in total. The summed E-state index contributed by atoms with van der Waals surface area (Å²) in [4.78, 5) is 11.1. The lowest BCUT2D eigenvalue weighted by Gasteiger charge is -2.15. The number of fused-ring (bicyclic) bond motifs is 1. The second-order valence-corrected chi connectivity index (χ2v) is 4.44. The molecule has 4 nitrogen and oxygen atoms in total. The van der Waals surface area contributed by atoms with Crippen molar-refractivity contribution >= 4 is 16.9 Å². The van der Waals surface area contributed by atoms with E-state index in [-0.39, 0.29) is 0 Å². The highest BCUT2D eigenvalue weighted by molar-refractivity contribution is 5.84. The van der Waals surface area contributed by atoms with Gasteiger partial charge in [-0.15, -0.1) is 0 Å². The molecule has 0 spiro atoms. The fourth-order valence-corrected chi connectivity index (χ4v) is 1.55. The molecule has 0 aliphatic rings. The van der Waals surface area contributed by atoms with E-state index in [1.807, 2.05) is 12.1 Å². The number of ether oxygens (including phenoxy) is 1. The molecule has 0 aliphatic heterocycles. The molecule has 0 radical (unpaired) electrons. The number of hydrogen-bond donors (Lipinski definition) is 1. The Bertz CT molecular complexity index is 566. The van der Waals surface area contributed by atoms with Crippen LogP contribution in [-0.4, -0.2) is 18.2 Å². The molecule has 0 fully saturated rings. The van der Waals surface area contributed by atoms with Crippen LogP contribution >= 0.6 is 0 Å². The maximum Gasteiger partial charge on any atom is 0.316 e. The fraction of sp³-hybridized carbons (Fsp3) is 0.308. The van der Waals surface area contributed by atoms with E-state index in [1.54, 1.807) is 33.1 Å². The van der Waals surface area contributed by atoms with Gasteiger partial charge in [0.1, 0.15) is 22.5 Å². The van der Waals surface area contributed by atoms with E-state index in [4.69, 9.17) is 14.3 Å². The van der Waals surface area contributed by atoms with Crippen LogP contribution in [0.3, 0.4) is 0 Å². The van der Waals surface area contributed by atoms with E-state index in [2.05, 4.69) is 0 Å². The van der Waals surface area contributed by atoms with E-state index in [1.165, 1.54) is 0 Å². The summed E-state index contributed by atoms with van der Waals surface area (Å²) in [5.74, 6) is 0.211. The SMILES string of the molecule is COc1ccc2cc(C(C)(C)C(=O)O)oc2c1. The van der Waals surface area contributed by atoms with Gasteiger partial charge in [0, 0.05) is 11.5 Å². The zero-order chi connectivity index (χ0) is 12.6.